The van der Waals surface area contributed by atoms with Gasteiger partial charge in [-0.15, -0.1) is 0 Å². The molecular formula is C17H20N4O2. The molecule has 2 atom stereocenters. The number of aliphatic hydroxyl groups excluding tert-OH is 1. The van der Waals surface area contributed by atoms with Crippen molar-refractivity contribution >= 4 is 5.91 Å². The third-order valence-electron chi connectivity index (χ3n) is 4.86. The number of likely N-dealkylation sites (tertiary alicyclic amines) is 1. The SMILES string of the molecule is O=C(c1cc(C2CC2)[nH]n1)N1C[C@@H](CO)[C@H](c2ccccn2)C1. The van der Waals surface area contributed by atoms with E-state index in [0.29, 0.717) is 24.7 Å². The van der Waals surface area contributed by atoms with Gasteiger partial charge in [-0.2, -0.15) is 5.10 Å². The van der Waals surface area contributed by atoms with Gasteiger partial charge in [0.2, 0.25) is 0 Å². The predicted molar refractivity (Wildman–Crippen MR) is 84.0 cm³/mol. The lowest BCUT2D eigenvalue weighted by molar-refractivity contribution is 0.0775. The first kappa shape index (κ1) is 14.4. The van der Waals surface area contributed by atoms with Crippen LogP contribution in [0.2, 0.25) is 0 Å². The molecule has 4 rings (SSSR count). The van der Waals surface area contributed by atoms with Crippen LogP contribution in [0, 0.1) is 5.92 Å². The number of pyridine rings is 1. The summed E-state index contributed by atoms with van der Waals surface area (Å²) in [6.45, 7) is 1.17. The maximum Gasteiger partial charge on any atom is 0.274 e. The van der Waals surface area contributed by atoms with E-state index in [9.17, 15) is 9.90 Å². The maximum absolute atomic E-state index is 12.7. The van der Waals surface area contributed by atoms with E-state index in [1.165, 1.54) is 12.8 Å². The summed E-state index contributed by atoms with van der Waals surface area (Å²) < 4.78 is 0. The van der Waals surface area contributed by atoms with Crippen molar-refractivity contribution in [2.75, 3.05) is 19.7 Å². The van der Waals surface area contributed by atoms with Gasteiger partial charge in [0.1, 0.15) is 5.69 Å². The molecule has 120 valence electrons. The molecule has 0 bridgehead atoms. The molecule has 2 aliphatic rings. The van der Waals surface area contributed by atoms with Crippen molar-refractivity contribution in [3.8, 4) is 0 Å². The molecule has 1 aliphatic carbocycles. The van der Waals surface area contributed by atoms with Gasteiger partial charge in [0.15, 0.2) is 0 Å². The number of rotatable bonds is 4. The van der Waals surface area contributed by atoms with Crippen molar-refractivity contribution in [2.45, 2.75) is 24.7 Å². The molecule has 0 radical (unpaired) electrons. The molecule has 1 aliphatic heterocycles. The summed E-state index contributed by atoms with van der Waals surface area (Å²) in [4.78, 5) is 18.9. The molecule has 0 unspecified atom stereocenters. The zero-order chi connectivity index (χ0) is 15.8. The molecule has 2 aromatic heterocycles. The van der Waals surface area contributed by atoms with Crippen molar-refractivity contribution < 1.29 is 9.90 Å². The van der Waals surface area contributed by atoms with Crippen molar-refractivity contribution in [2.24, 2.45) is 5.92 Å². The number of H-pyrrole nitrogens is 1. The van der Waals surface area contributed by atoms with Gasteiger partial charge in [-0.05, 0) is 31.0 Å². The van der Waals surface area contributed by atoms with Crippen LogP contribution in [0.1, 0.15) is 46.6 Å². The monoisotopic (exact) mass is 312 g/mol. The van der Waals surface area contributed by atoms with Crippen LogP contribution < -0.4 is 0 Å². The van der Waals surface area contributed by atoms with Crippen LogP contribution in [0.4, 0.5) is 0 Å². The Labute approximate surface area is 134 Å². The Morgan fingerprint density at radius 2 is 2.22 bits per heavy atom. The van der Waals surface area contributed by atoms with Gasteiger partial charge in [-0.25, -0.2) is 0 Å². The molecule has 23 heavy (non-hydrogen) atoms. The number of nitrogens with one attached hydrogen (secondary N) is 1. The van der Waals surface area contributed by atoms with Crippen molar-refractivity contribution in [1.82, 2.24) is 20.1 Å². The topological polar surface area (TPSA) is 82.1 Å². The van der Waals surface area contributed by atoms with E-state index in [1.54, 1.807) is 11.1 Å². The first-order valence-electron chi connectivity index (χ1n) is 8.12. The van der Waals surface area contributed by atoms with Crippen LogP contribution in [0.3, 0.4) is 0 Å². The number of aromatic amines is 1. The van der Waals surface area contributed by atoms with Gasteiger partial charge in [-0.1, -0.05) is 6.07 Å². The van der Waals surface area contributed by atoms with Crippen LogP contribution >= 0.6 is 0 Å². The fourth-order valence-corrected chi connectivity index (χ4v) is 3.36. The minimum atomic E-state index is -0.0648. The highest BCUT2D eigenvalue weighted by Crippen LogP contribution is 2.39. The molecule has 3 heterocycles. The zero-order valence-electron chi connectivity index (χ0n) is 12.9. The van der Waals surface area contributed by atoms with E-state index in [0.717, 1.165) is 11.4 Å². The summed E-state index contributed by atoms with van der Waals surface area (Å²) in [5.74, 6) is 0.585. The second kappa shape index (κ2) is 5.77. The predicted octanol–water partition coefficient (Wildman–Crippen LogP) is 1.53. The average molecular weight is 312 g/mol. The minimum absolute atomic E-state index is 0.0238. The second-order valence-corrected chi connectivity index (χ2v) is 6.50. The Balaban J connectivity index is 1.51. The van der Waals surface area contributed by atoms with Crippen LogP contribution in [-0.2, 0) is 0 Å². The van der Waals surface area contributed by atoms with Gasteiger partial charge in [0, 0.05) is 55.0 Å². The number of aromatic nitrogens is 3. The molecule has 2 aromatic rings. The molecule has 1 amide bonds. The number of aliphatic hydroxyl groups is 1. The fraction of sp³-hybridized carbons (Fsp3) is 0.471. The summed E-state index contributed by atoms with van der Waals surface area (Å²) in [6, 6.07) is 7.65. The largest absolute Gasteiger partial charge is 0.396 e. The van der Waals surface area contributed by atoms with Crippen molar-refractivity contribution in [3.05, 3.63) is 47.5 Å². The highest BCUT2D eigenvalue weighted by Gasteiger charge is 2.37. The molecular weight excluding hydrogens is 292 g/mol. The lowest BCUT2D eigenvalue weighted by Crippen LogP contribution is -2.29. The summed E-state index contributed by atoms with van der Waals surface area (Å²) in [7, 11) is 0. The Kier molecular flexibility index (Phi) is 3.61. The van der Waals surface area contributed by atoms with Gasteiger partial charge in [0.25, 0.3) is 5.91 Å². The Morgan fingerprint density at radius 1 is 1.35 bits per heavy atom. The fourth-order valence-electron chi connectivity index (χ4n) is 3.36. The summed E-state index contributed by atoms with van der Waals surface area (Å²) in [6.07, 6.45) is 4.10. The Hall–Kier alpha value is -2.21. The van der Waals surface area contributed by atoms with E-state index >= 15 is 0 Å². The third kappa shape index (κ3) is 2.74. The van der Waals surface area contributed by atoms with E-state index < -0.39 is 0 Å². The third-order valence-corrected chi connectivity index (χ3v) is 4.86. The smallest absolute Gasteiger partial charge is 0.274 e. The molecule has 2 N–H and O–H groups in total. The molecule has 6 nitrogen and oxygen atoms in total. The highest BCUT2D eigenvalue weighted by molar-refractivity contribution is 5.92. The number of carbonyl (C=O) groups is 1. The maximum atomic E-state index is 12.7. The second-order valence-electron chi connectivity index (χ2n) is 6.50. The number of hydrogen-bond acceptors (Lipinski definition) is 4. The van der Waals surface area contributed by atoms with E-state index in [2.05, 4.69) is 15.2 Å². The lowest BCUT2D eigenvalue weighted by Gasteiger charge is -2.15. The first-order valence-corrected chi connectivity index (χ1v) is 8.12. The zero-order valence-corrected chi connectivity index (χ0v) is 12.9. The van der Waals surface area contributed by atoms with E-state index in [1.807, 2.05) is 24.3 Å². The number of carbonyl (C=O) groups excluding carboxylic acids is 1. The molecule has 1 saturated heterocycles. The van der Waals surface area contributed by atoms with Gasteiger partial charge < -0.3 is 10.0 Å². The van der Waals surface area contributed by atoms with Crippen LogP contribution in [0.25, 0.3) is 0 Å². The van der Waals surface area contributed by atoms with Gasteiger partial charge in [0.05, 0.1) is 0 Å². The van der Waals surface area contributed by atoms with Crippen molar-refractivity contribution in [1.29, 1.82) is 0 Å². The highest BCUT2D eigenvalue weighted by atomic mass is 16.3. The van der Waals surface area contributed by atoms with Crippen LogP contribution in [0.5, 0.6) is 0 Å². The molecule has 2 fully saturated rings. The Morgan fingerprint density at radius 3 is 2.91 bits per heavy atom. The number of hydrogen-bond donors (Lipinski definition) is 2. The van der Waals surface area contributed by atoms with Crippen molar-refractivity contribution in [3.63, 3.8) is 0 Å². The van der Waals surface area contributed by atoms with Gasteiger partial charge >= 0.3 is 0 Å². The number of amides is 1. The summed E-state index contributed by atoms with van der Waals surface area (Å²) in [5.41, 5.74) is 2.47. The normalized spacial score (nSPS) is 24.1. The summed E-state index contributed by atoms with van der Waals surface area (Å²) >= 11 is 0. The van der Waals surface area contributed by atoms with E-state index in [-0.39, 0.29) is 24.3 Å². The molecule has 1 saturated carbocycles. The quantitative estimate of drug-likeness (QED) is 0.897. The van der Waals surface area contributed by atoms with Crippen LogP contribution in [-0.4, -0.2) is 50.8 Å². The minimum Gasteiger partial charge on any atom is -0.396 e. The molecule has 6 heteroatoms. The Bertz CT molecular complexity index is 696. The summed E-state index contributed by atoms with van der Waals surface area (Å²) in [5, 5.41) is 16.8. The standard InChI is InChI=1S/C17H20N4O2/c22-10-12-8-21(9-13(12)14-3-1-2-6-18-14)17(23)16-7-15(19-20-16)11-4-5-11/h1-3,6-7,11-13,22H,4-5,8-10H2,(H,19,20)/t12-,13+/m0/s1. The van der Waals surface area contributed by atoms with Crippen LogP contribution in [0.15, 0.2) is 30.5 Å². The first-order chi connectivity index (χ1) is 11.3. The van der Waals surface area contributed by atoms with Gasteiger partial charge in [-0.3, -0.25) is 14.9 Å². The lowest BCUT2D eigenvalue weighted by atomic mass is 9.93. The molecule has 0 aromatic carbocycles. The number of nitrogens with zero attached hydrogens (tertiary/aromatic N) is 3. The molecule has 0 spiro atoms. The average Bonchev–Trinajstić information content (AvgIpc) is 3.17. The van der Waals surface area contributed by atoms with E-state index in [4.69, 9.17) is 0 Å².